The highest BCUT2D eigenvalue weighted by molar-refractivity contribution is 6.04. The summed E-state index contributed by atoms with van der Waals surface area (Å²) in [7, 11) is 0. The van der Waals surface area contributed by atoms with E-state index in [4.69, 9.17) is 5.73 Å². The Kier molecular flexibility index (Phi) is 2.68. The number of amides is 1. The lowest BCUT2D eigenvalue weighted by molar-refractivity contribution is -0.116. The van der Waals surface area contributed by atoms with Crippen LogP contribution in [0.4, 0.5) is 5.82 Å². The Hall–Kier alpha value is -2.96. The first-order valence-corrected chi connectivity index (χ1v) is 8.08. The van der Waals surface area contributed by atoms with Gasteiger partial charge in [0, 0.05) is 11.5 Å². The largest absolute Gasteiger partial charge is 0.383 e. The molecule has 2 unspecified atom stereocenters. The monoisotopic (exact) mass is 320 g/mol. The molecule has 0 radical (unpaired) electrons. The number of hydrogen-bond acceptors (Lipinski definition) is 5. The van der Waals surface area contributed by atoms with E-state index in [1.807, 2.05) is 35.1 Å². The average Bonchev–Trinajstić information content (AvgIpc) is 3.28. The molecule has 0 spiro atoms. The van der Waals surface area contributed by atoms with Crippen LogP contribution in [-0.2, 0) is 4.79 Å². The van der Waals surface area contributed by atoms with Gasteiger partial charge in [-0.3, -0.25) is 4.79 Å². The molecular weight excluding hydrogens is 304 g/mol. The second-order valence-electron chi connectivity index (χ2n) is 6.41. The molecular formula is C17H16N6O. The van der Waals surface area contributed by atoms with Gasteiger partial charge in [-0.1, -0.05) is 24.3 Å². The van der Waals surface area contributed by atoms with Gasteiger partial charge in [0.25, 0.3) is 0 Å². The van der Waals surface area contributed by atoms with E-state index in [0.717, 1.165) is 23.9 Å². The summed E-state index contributed by atoms with van der Waals surface area (Å²) < 4.78 is 1.92. The highest BCUT2D eigenvalue weighted by atomic mass is 16.2. The zero-order valence-electron chi connectivity index (χ0n) is 12.9. The second-order valence-corrected chi connectivity index (χ2v) is 6.41. The standard InChI is InChI=1S/C17H16N6O/c18-15-14-13(22-23(9-5-6-9)16(14)20-8-19-15)7-11-10-3-1-2-4-12(10)21-17(11)24/h1-4,7-10,12H,5-6H2,(H,21,24)(H2,18,19,20)/b11-7-. The number of anilines is 1. The smallest absolute Gasteiger partial charge is 0.248 e. The lowest BCUT2D eigenvalue weighted by Crippen LogP contribution is -2.26. The van der Waals surface area contributed by atoms with E-state index in [0.29, 0.717) is 23.1 Å². The van der Waals surface area contributed by atoms with Crippen molar-refractivity contribution >= 4 is 28.8 Å². The van der Waals surface area contributed by atoms with Crippen LogP contribution in [0.2, 0.25) is 0 Å². The molecule has 1 amide bonds. The second kappa shape index (κ2) is 4.77. The van der Waals surface area contributed by atoms with Crippen LogP contribution in [-0.4, -0.2) is 31.7 Å². The van der Waals surface area contributed by atoms with Crippen molar-refractivity contribution in [1.29, 1.82) is 0 Å². The molecule has 2 aromatic heterocycles. The van der Waals surface area contributed by atoms with Crippen molar-refractivity contribution in [2.45, 2.75) is 24.9 Å². The maximum Gasteiger partial charge on any atom is 0.248 e. The van der Waals surface area contributed by atoms with Crippen molar-refractivity contribution in [3.05, 3.63) is 41.9 Å². The van der Waals surface area contributed by atoms with Crippen LogP contribution in [0.5, 0.6) is 0 Å². The minimum Gasteiger partial charge on any atom is -0.383 e. The minimum atomic E-state index is -0.0641. The average molecular weight is 320 g/mol. The summed E-state index contributed by atoms with van der Waals surface area (Å²) in [6.07, 6.45) is 13.4. The van der Waals surface area contributed by atoms with Gasteiger partial charge in [0.15, 0.2) is 5.65 Å². The van der Waals surface area contributed by atoms with Crippen LogP contribution in [0.15, 0.2) is 36.2 Å². The molecule has 120 valence electrons. The Balaban J connectivity index is 1.68. The molecule has 1 aliphatic heterocycles. The van der Waals surface area contributed by atoms with E-state index >= 15 is 0 Å². The van der Waals surface area contributed by atoms with Crippen LogP contribution in [0.3, 0.4) is 0 Å². The third-order valence-corrected chi connectivity index (χ3v) is 4.78. The van der Waals surface area contributed by atoms with E-state index in [2.05, 4.69) is 20.4 Å². The van der Waals surface area contributed by atoms with Crippen molar-refractivity contribution in [2.75, 3.05) is 5.73 Å². The Morgan fingerprint density at radius 1 is 1.25 bits per heavy atom. The Morgan fingerprint density at radius 2 is 2.08 bits per heavy atom. The molecule has 0 bridgehead atoms. The predicted molar refractivity (Wildman–Crippen MR) is 89.7 cm³/mol. The molecule has 5 rings (SSSR count). The number of nitrogens with one attached hydrogen (secondary N) is 1. The fourth-order valence-corrected chi connectivity index (χ4v) is 3.43. The van der Waals surface area contributed by atoms with E-state index in [1.54, 1.807) is 0 Å². The number of nitrogens with zero attached hydrogens (tertiary/aromatic N) is 4. The highest BCUT2D eigenvalue weighted by Gasteiger charge is 2.36. The number of nitrogen functional groups attached to an aromatic ring is 1. The van der Waals surface area contributed by atoms with Crippen LogP contribution in [0, 0.1) is 5.92 Å². The number of aromatic nitrogens is 4. The minimum absolute atomic E-state index is 0.0131. The van der Waals surface area contributed by atoms with Crippen molar-refractivity contribution < 1.29 is 4.79 Å². The number of rotatable bonds is 2. The molecule has 1 saturated carbocycles. The van der Waals surface area contributed by atoms with Crippen molar-refractivity contribution in [2.24, 2.45) is 5.92 Å². The molecule has 0 aromatic carbocycles. The van der Waals surface area contributed by atoms with Crippen LogP contribution in [0.25, 0.3) is 17.1 Å². The molecule has 2 aliphatic carbocycles. The van der Waals surface area contributed by atoms with Crippen LogP contribution >= 0.6 is 0 Å². The molecule has 7 nitrogen and oxygen atoms in total. The van der Waals surface area contributed by atoms with Crippen molar-refractivity contribution in [3.63, 3.8) is 0 Å². The zero-order chi connectivity index (χ0) is 16.3. The van der Waals surface area contributed by atoms with Crippen molar-refractivity contribution in [3.8, 4) is 0 Å². The first kappa shape index (κ1) is 13.5. The molecule has 3 heterocycles. The van der Waals surface area contributed by atoms with Gasteiger partial charge >= 0.3 is 0 Å². The molecule has 1 saturated heterocycles. The number of allylic oxidation sites excluding steroid dienone is 2. The summed E-state index contributed by atoms with van der Waals surface area (Å²) in [5, 5.41) is 8.40. The Bertz CT molecular complexity index is 949. The van der Waals surface area contributed by atoms with Gasteiger partial charge in [-0.25, -0.2) is 14.6 Å². The number of fused-ring (bicyclic) bond motifs is 2. The number of carbonyl (C=O) groups is 1. The normalized spacial score (nSPS) is 27.0. The maximum absolute atomic E-state index is 12.4. The van der Waals surface area contributed by atoms with Gasteiger partial charge in [-0.15, -0.1) is 0 Å². The van der Waals surface area contributed by atoms with Crippen LogP contribution in [0.1, 0.15) is 24.6 Å². The predicted octanol–water partition coefficient (Wildman–Crippen LogP) is 1.37. The third-order valence-electron chi connectivity index (χ3n) is 4.78. The van der Waals surface area contributed by atoms with Gasteiger partial charge in [-0.05, 0) is 18.9 Å². The summed E-state index contributed by atoms with van der Waals surface area (Å²) in [5.74, 6) is 0.355. The highest BCUT2D eigenvalue weighted by Crippen LogP contribution is 2.38. The number of nitrogens with two attached hydrogens (primary N) is 1. The first-order valence-electron chi connectivity index (χ1n) is 8.08. The topological polar surface area (TPSA) is 98.7 Å². The SMILES string of the molecule is Nc1ncnc2c1c(/C=C1\C(=O)NC3C=CC=CC13)nn2C1CC1. The lowest BCUT2D eigenvalue weighted by atomic mass is 9.91. The van der Waals surface area contributed by atoms with Gasteiger partial charge in [0.1, 0.15) is 12.1 Å². The quantitative estimate of drug-likeness (QED) is 0.814. The van der Waals surface area contributed by atoms with E-state index in [9.17, 15) is 4.79 Å². The summed E-state index contributed by atoms with van der Waals surface area (Å²) >= 11 is 0. The number of carbonyl (C=O) groups excluding carboxylic acids is 1. The Morgan fingerprint density at radius 3 is 2.92 bits per heavy atom. The molecule has 2 fully saturated rings. The molecule has 7 heteroatoms. The lowest BCUT2D eigenvalue weighted by Gasteiger charge is -2.14. The molecule has 2 aromatic rings. The summed E-state index contributed by atoms with van der Waals surface area (Å²) in [6, 6.07) is 0.385. The maximum atomic E-state index is 12.4. The Labute approximate surface area is 138 Å². The zero-order valence-corrected chi connectivity index (χ0v) is 12.9. The van der Waals surface area contributed by atoms with E-state index in [1.165, 1.54) is 6.33 Å². The van der Waals surface area contributed by atoms with Gasteiger partial charge in [0.05, 0.1) is 23.2 Å². The summed E-state index contributed by atoms with van der Waals surface area (Å²) in [4.78, 5) is 20.8. The fourth-order valence-electron chi connectivity index (χ4n) is 3.43. The molecule has 24 heavy (non-hydrogen) atoms. The molecule has 3 N–H and O–H groups in total. The van der Waals surface area contributed by atoms with E-state index < -0.39 is 0 Å². The van der Waals surface area contributed by atoms with Crippen molar-refractivity contribution in [1.82, 2.24) is 25.1 Å². The van der Waals surface area contributed by atoms with Gasteiger partial charge in [-0.2, -0.15) is 5.10 Å². The molecule has 2 atom stereocenters. The van der Waals surface area contributed by atoms with Gasteiger partial charge < -0.3 is 11.1 Å². The summed E-state index contributed by atoms with van der Waals surface area (Å²) in [5.41, 5.74) is 8.18. The third kappa shape index (κ3) is 1.90. The van der Waals surface area contributed by atoms with Crippen LogP contribution < -0.4 is 11.1 Å². The fraction of sp³-hybridized carbons (Fsp3) is 0.294. The number of hydrogen-bond donors (Lipinski definition) is 2. The van der Waals surface area contributed by atoms with E-state index in [-0.39, 0.29) is 17.9 Å². The summed E-state index contributed by atoms with van der Waals surface area (Å²) in [6.45, 7) is 0. The molecule has 3 aliphatic rings. The first-order chi connectivity index (χ1) is 11.7. The van der Waals surface area contributed by atoms with Gasteiger partial charge in [0.2, 0.25) is 5.91 Å².